The zero-order valence-electron chi connectivity index (χ0n) is 12.6. The molecule has 5 nitrogen and oxygen atoms in total. The number of H-pyrrole nitrogens is 1. The first kappa shape index (κ1) is 16.4. The molecule has 0 fully saturated rings. The molecular formula is C17H13Cl2N3O2. The first-order valence-electron chi connectivity index (χ1n) is 7.06. The van der Waals surface area contributed by atoms with Gasteiger partial charge in [-0.3, -0.25) is 4.79 Å². The molecule has 3 aromatic rings. The number of phenols is 1. The van der Waals surface area contributed by atoms with Crippen LogP contribution in [0.3, 0.4) is 0 Å². The molecule has 122 valence electrons. The average Bonchev–Trinajstić information content (AvgIpc) is 2.99. The van der Waals surface area contributed by atoms with Gasteiger partial charge < -0.3 is 10.1 Å². The molecule has 0 atom stereocenters. The second-order valence-corrected chi connectivity index (χ2v) is 6.01. The molecule has 1 amide bonds. The van der Waals surface area contributed by atoms with Crippen molar-refractivity contribution in [1.29, 1.82) is 0 Å². The number of carbonyl (C=O) groups excluding carboxylic acids is 1. The monoisotopic (exact) mass is 361 g/mol. The van der Waals surface area contributed by atoms with E-state index >= 15 is 0 Å². The van der Waals surface area contributed by atoms with E-state index in [1.165, 1.54) is 12.1 Å². The molecule has 24 heavy (non-hydrogen) atoms. The number of aromatic nitrogens is 1. The fourth-order valence-electron chi connectivity index (χ4n) is 2.36. The minimum atomic E-state index is -0.362. The van der Waals surface area contributed by atoms with Crippen LogP contribution in [0, 0.1) is 0 Å². The molecule has 0 saturated heterocycles. The third-order valence-corrected chi connectivity index (χ3v) is 4.08. The van der Waals surface area contributed by atoms with E-state index < -0.39 is 0 Å². The van der Waals surface area contributed by atoms with Gasteiger partial charge in [-0.05, 0) is 25.1 Å². The van der Waals surface area contributed by atoms with Crippen LogP contribution in [0.5, 0.6) is 5.75 Å². The molecule has 1 heterocycles. The Kier molecular flexibility index (Phi) is 4.46. The third kappa shape index (κ3) is 3.09. The standard InChI is InChI=1S/C17H13Cl2N3O2/c1-9(12-6-10(18)7-14(19)16(12)23)21-22-17(24)13-8-20-15-5-3-2-4-11(13)15/h2-8,20,23H,1H3,(H,22,24). The zero-order valence-corrected chi connectivity index (χ0v) is 14.1. The molecule has 0 aliphatic rings. The van der Waals surface area contributed by atoms with Crippen molar-refractivity contribution in [3.8, 4) is 5.75 Å². The highest BCUT2D eigenvalue weighted by molar-refractivity contribution is 6.36. The maximum Gasteiger partial charge on any atom is 0.273 e. The number of phenolic OH excluding ortho intramolecular Hbond substituents is 1. The van der Waals surface area contributed by atoms with Gasteiger partial charge in [0.15, 0.2) is 0 Å². The Hall–Kier alpha value is -2.50. The Morgan fingerprint density at radius 2 is 1.96 bits per heavy atom. The molecule has 0 radical (unpaired) electrons. The van der Waals surface area contributed by atoms with E-state index in [9.17, 15) is 9.90 Å². The molecular weight excluding hydrogens is 349 g/mol. The Morgan fingerprint density at radius 3 is 2.75 bits per heavy atom. The smallest absolute Gasteiger partial charge is 0.273 e. The predicted molar refractivity (Wildman–Crippen MR) is 96.1 cm³/mol. The lowest BCUT2D eigenvalue weighted by Crippen LogP contribution is -2.19. The summed E-state index contributed by atoms with van der Waals surface area (Å²) in [7, 11) is 0. The second kappa shape index (κ2) is 6.55. The summed E-state index contributed by atoms with van der Waals surface area (Å²) in [5.74, 6) is -0.497. The first-order valence-corrected chi connectivity index (χ1v) is 7.82. The normalized spacial score (nSPS) is 11.7. The van der Waals surface area contributed by atoms with Gasteiger partial charge in [0.25, 0.3) is 5.91 Å². The number of aromatic amines is 1. The van der Waals surface area contributed by atoms with E-state index in [0.29, 0.717) is 21.9 Å². The van der Waals surface area contributed by atoms with Crippen molar-refractivity contribution in [1.82, 2.24) is 10.4 Å². The van der Waals surface area contributed by atoms with Crippen molar-refractivity contribution < 1.29 is 9.90 Å². The number of para-hydroxylation sites is 1. The Balaban J connectivity index is 1.86. The van der Waals surface area contributed by atoms with Gasteiger partial charge in [-0.25, -0.2) is 5.43 Å². The van der Waals surface area contributed by atoms with Crippen molar-refractivity contribution in [2.45, 2.75) is 6.92 Å². The molecule has 2 aromatic carbocycles. The number of rotatable bonds is 3. The highest BCUT2D eigenvalue weighted by Gasteiger charge is 2.13. The summed E-state index contributed by atoms with van der Waals surface area (Å²) in [6, 6.07) is 10.4. The molecule has 0 saturated carbocycles. The molecule has 3 N–H and O–H groups in total. The summed E-state index contributed by atoms with van der Waals surface area (Å²) in [6.45, 7) is 1.64. The molecule has 1 aromatic heterocycles. The van der Waals surface area contributed by atoms with Crippen LogP contribution in [-0.2, 0) is 0 Å². The highest BCUT2D eigenvalue weighted by Crippen LogP contribution is 2.31. The topological polar surface area (TPSA) is 77.5 Å². The molecule has 0 unspecified atom stereocenters. The molecule has 0 aliphatic heterocycles. The molecule has 0 spiro atoms. The second-order valence-electron chi connectivity index (χ2n) is 5.17. The van der Waals surface area contributed by atoms with Crippen molar-refractivity contribution in [2.75, 3.05) is 0 Å². The van der Waals surface area contributed by atoms with Gasteiger partial charge in [0.05, 0.1) is 16.3 Å². The number of halogens is 2. The minimum absolute atomic E-state index is 0.120. The number of aromatic hydroxyl groups is 1. The molecule has 0 aliphatic carbocycles. The summed E-state index contributed by atoms with van der Waals surface area (Å²) < 4.78 is 0. The lowest BCUT2D eigenvalue weighted by Gasteiger charge is -2.07. The van der Waals surface area contributed by atoms with E-state index in [1.807, 2.05) is 24.3 Å². The highest BCUT2D eigenvalue weighted by atomic mass is 35.5. The van der Waals surface area contributed by atoms with Crippen LogP contribution >= 0.6 is 23.2 Å². The number of benzene rings is 2. The number of hydrazone groups is 1. The fraction of sp³-hybridized carbons (Fsp3) is 0.0588. The van der Waals surface area contributed by atoms with Crippen LogP contribution in [0.1, 0.15) is 22.8 Å². The lowest BCUT2D eigenvalue weighted by atomic mass is 10.1. The van der Waals surface area contributed by atoms with E-state index in [0.717, 1.165) is 10.9 Å². The third-order valence-electron chi connectivity index (χ3n) is 3.58. The van der Waals surface area contributed by atoms with Crippen molar-refractivity contribution in [3.63, 3.8) is 0 Å². The van der Waals surface area contributed by atoms with Crippen LogP contribution in [-0.4, -0.2) is 21.7 Å². The van der Waals surface area contributed by atoms with Gasteiger partial charge in [0.1, 0.15) is 5.75 Å². The molecule has 3 rings (SSSR count). The molecule has 0 bridgehead atoms. The fourth-order valence-corrected chi connectivity index (χ4v) is 2.85. The van der Waals surface area contributed by atoms with Gasteiger partial charge in [-0.1, -0.05) is 41.4 Å². The van der Waals surface area contributed by atoms with Gasteiger partial charge in [0, 0.05) is 27.7 Å². The Bertz CT molecular complexity index is 964. The van der Waals surface area contributed by atoms with E-state index in [2.05, 4.69) is 15.5 Å². The zero-order chi connectivity index (χ0) is 17.3. The predicted octanol–water partition coefficient (Wildman–Crippen LogP) is 4.33. The number of amides is 1. The number of hydrogen-bond acceptors (Lipinski definition) is 3. The number of nitrogens with one attached hydrogen (secondary N) is 2. The summed E-state index contributed by atoms with van der Waals surface area (Å²) in [4.78, 5) is 15.3. The average molecular weight is 362 g/mol. The van der Waals surface area contributed by atoms with Crippen molar-refractivity contribution >= 4 is 45.7 Å². The maximum atomic E-state index is 12.3. The van der Waals surface area contributed by atoms with E-state index in [1.54, 1.807) is 13.1 Å². The number of carbonyl (C=O) groups is 1. The number of nitrogens with zero attached hydrogens (tertiary/aromatic N) is 1. The maximum absolute atomic E-state index is 12.3. The van der Waals surface area contributed by atoms with Gasteiger partial charge >= 0.3 is 0 Å². The number of fused-ring (bicyclic) bond motifs is 1. The van der Waals surface area contributed by atoms with Crippen LogP contribution in [0.2, 0.25) is 10.0 Å². The van der Waals surface area contributed by atoms with Gasteiger partial charge in [0.2, 0.25) is 0 Å². The summed E-state index contributed by atoms with van der Waals surface area (Å²) in [5.41, 5.74) is 4.55. The minimum Gasteiger partial charge on any atom is -0.506 e. The van der Waals surface area contributed by atoms with Crippen LogP contribution in [0.25, 0.3) is 10.9 Å². The lowest BCUT2D eigenvalue weighted by molar-refractivity contribution is 0.0956. The van der Waals surface area contributed by atoms with E-state index in [4.69, 9.17) is 23.2 Å². The summed E-state index contributed by atoms with van der Waals surface area (Å²) in [5, 5.41) is 15.3. The summed E-state index contributed by atoms with van der Waals surface area (Å²) in [6.07, 6.45) is 1.62. The number of hydrogen-bond donors (Lipinski definition) is 3. The van der Waals surface area contributed by atoms with Gasteiger partial charge in [-0.2, -0.15) is 5.10 Å². The van der Waals surface area contributed by atoms with Crippen LogP contribution in [0.15, 0.2) is 47.7 Å². The van der Waals surface area contributed by atoms with Crippen molar-refractivity contribution in [3.05, 3.63) is 63.8 Å². The Labute approximate surface area is 147 Å². The van der Waals surface area contributed by atoms with Crippen LogP contribution in [0.4, 0.5) is 0 Å². The summed E-state index contributed by atoms with van der Waals surface area (Å²) >= 11 is 11.8. The van der Waals surface area contributed by atoms with E-state index in [-0.39, 0.29) is 16.7 Å². The largest absolute Gasteiger partial charge is 0.506 e. The van der Waals surface area contributed by atoms with Crippen molar-refractivity contribution in [2.24, 2.45) is 5.10 Å². The SMILES string of the molecule is CC(=NNC(=O)c1c[nH]c2ccccc12)c1cc(Cl)cc(Cl)c1O. The Morgan fingerprint density at radius 1 is 1.21 bits per heavy atom. The van der Waals surface area contributed by atoms with Gasteiger partial charge in [-0.15, -0.1) is 0 Å². The van der Waals surface area contributed by atoms with Crippen LogP contribution < -0.4 is 5.43 Å². The quantitative estimate of drug-likeness (QED) is 0.479. The molecule has 7 heteroatoms. The first-order chi connectivity index (χ1) is 11.5.